The zero-order valence-electron chi connectivity index (χ0n) is 13.7. The molecular formula is C17H23N3O3. The Kier molecular flexibility index (Phi) is 4.37. The molecule has 1 atom stereocenters. The van der Waals surface area contributed by atoms with Crippen LogP contribution in [0.2, 0.25) is 0 Å². The van der Waals surface area contributed by atoms with Gasteiger partial charge in [0.25, 0.3) is 0 Å². The van der Waals surface area contributed by atoms with Crippen LogP contribution in [0.4, 0.5) is 5.69 Å². The minimum atomic E-state index is -0.173. The molecule has 2 amide bonds. The van der Waals surface area contributed by atoms with Gasteiger partial charge in [-0.2, -0.15) is 0 Å². The fourth-order valence-corrected chi connectivity index (χ4v) is 3.53. The van der Waals surface area contributed by atoms with E-state index in [-0.39, 0.29) is 24.0 Å². The van der Waals surface area contributed by atoms with Crippen LogP contribution in [-0.4, -0.2) is 74.1 Å². The van der Waals surface area contributed by atoms with E-state index in [2.05, 4.69) is 4.90 Å². The number of likely N-dealkylation sites (N-methyl/N-ethyl adjacent to an activating group) is 1. The van der Waals surface area contributed by atoms with Crippen molar-refractivity contribution >= 4 is 17.5 Å². The van der Waals surface area contributed by atoms with Crippen LogP contribution >= 0.6 is 0 Å². The average molecular weight is 317 g/mol. The number of piperazine rings is 1. The Hall–Kier alpha value is -1.92. The summed E-state index contributed by atoms with van der Waals surface area (Å²) in [7, 11) is 3.51. The summed E-state index contributed by atoms with van der Waals surface area (Å²) < 4.78 is 4.96. The minimum Gasteiger partial charge on any atom is -0.375 e. The van der Waals surface area contributed by atoms with Crippen LogP contribution in [0, 0.1) is 0 Å². The molecule has 2 aliphatic rings. The maximum absolute atomic E-state index is 12.4. The van der Waals surface area contributed by atoms with Crippen molar-refractivity contribution in [1.29, 1.82) is 0 Å². The minimum absolute atomic E-state index is 0.0148. The van der Waals surface area contributed by atoms with Crippen molar-refractivity contribution in [3.63, 3.8) is 0 Å². The van der Waals surface area contributed by atoms with Gasteiger partial charge in [-0.1, -0.05) is 18.2 Å². The lowest BCUT2D eigenvalue weighted by atomic mass is 9.92. The molecule has 0 saturated carbocycles. The molecule has 1 unspecified atom stereocenters. The van der Waals surface area contributed by atoms with E-state index in [1.807, 2.05) is 47.2 Å². The van der Waals surface area contributed by atoms with Gasteiger partial charge in [0.2, 0.25) is 11.8 Å². The van der Waals surface area contributed by atoms with Gasteiger partial charge in [-0.3, -0.25) is 14.5 Å². The van der Waals surface area contributed by atoms with Gasteiger partial charge >= 0.3 is 0 Å². The van der Waals surface area contributed by atoms with E-state index < -0.39 is 0 Å². The second kappa shape index (κ2) is 6.29. The van der Waals surface area contributed by atoms with E-state index >= 15 is 0 Å². The highest BCUT2D eigenvalue weighted by atomic mass is 16.5. The maximum atomic E-state index is 12.4. The second-order valence-corrected chi connectivity index (χ2v) is 6.39. The third kappa shape index (κ3) is 2.96. The topological polar surface area (TPSA) is 53.1 Å². The van der Waals surface area contributed by atoms with E-state index in [0.717, 1.165) is 12.1 Å². The van der Waals surface area contributed by atoms with E-state index in [0.29, 0.717) is 26.2 Å². The van der Waals surface area contributed by atoms with E-state index in [9.17, 15) is 9.59 Å². The standard InChI is InChI=1S/C17H23N3O3/c1-18-10-15(21)20(14-6-4-3-5-7-14)13-17(18)8-9-19(12-17)16(22)11-23-2/h3-7H,8-13H2,1-2H3. The number of ether oxygens (including phenoxy) is 1. The molecule has 124 valence electrons. The maximum Gasteiger partial charge on any atom is 0.248 e. The molecule has 2 saturated heterocycles. The smallest absolute Gasteiger partial charge is 0.248 e. The van der Waals surface area contributed by atoms with Gasteiger partial charge in [-0.05, 0) is 25.6 Å². The molecule has 2 aliphatic heterocycles. The van der Waals surface area contributed by atoms with Gasteiger partial charge in [-0.25, -0.2) is 0 Å². The molecule has 1 spiro atoms. The summed E-state index contributed by atoms with van der Waals surface area (Å²) in [5.41, 5.74) is 0.749. The quantitative estimate of drug-likeness (QED) is 0.818. The monoisotopic (exact) mass is 317 g/mol. The highest BCUT2D eigenvalue weighted by molar-refractivity contribution is 5.96. The van der Waals surface area contributed by atoms with E-state index in [1.54, 1.807) is 0 Å². The summed E-state index contributed by atoms with van der Waals surface area (Å²) in [6.45, 7) is 2.46. The third-order valence-electron chi connectivity index (χ3n) is 4.96. The zero-order valence-corrected chi connectivity index (χ0v) is 13.7. The predicted molar refractivity (Wildman–Crippen MR) is 87.2 cm³/mol. The van der Waals surface area contributed by atoms with Gasteiger partial charge in [-0.15, -0.1) is 0 Å². The number of carbonyl (C=O) groups is 2. The molecule has 1 aromatic rings. The number of amides is 2. The number of likely N-dealkylation sites (tertiary alicyclic amines) is 1. The molecule has 0 radical (unpaired) electrons. The summed E-state index contributed by atoms with van der Waals surface area (Å²) >= 11 is 0. The number of nitrogens with zero attached hydrogens (tertiary/aromatic N) is 3. The SMILES string of the molecule is COCC(=O)N1CCC2(C1)CN(c1ccccc1)C(=O)CN2C. The van der Waals surface area contributed by atoms with Gasteiger partial charge in [0, 0.05) is 32.4 Å². The molecule has 2 heterocycles. The molecule has 0 aliphatic carbocycles. The normalized spacial score (nSPS) is 25.4. The number of benzene rings is 1. The Balaban J connectivity index is 1.80. The van der Waals surface area contributed by atoms with Crippen molar-refractivity contribution in [3.8, 4) is 0 Å². The Labute approximate surface area is 136 Å². The number of anilines is 1. The molecule has 0 bridgehead atoms. The van der Waals surface area contributed by atoms with Crippen molar-refractivity contribution < 1.29 is 14.3 Å². The van der Waals surface area contributed by atoms with Gasteiger partial charge in [0.1, 0.15) is 6.61 Å². The molecule has 23 heavy (non-hydrogen) atoms. The number of methoxy groups -OCH3 is 1. The highest BCUT2D eigenvalue weighted by Crippen LogP contribution is 2.33. The Morgan fingerprint density at radius 2 is 2.00 bits per heavy atom. The molecular weight excluding hydrogens is 294 g/mol. The predicted octanol–water partition coefficient (Wildman–Crippen LogP) is 0.583. The third-order valence-corrected chi connectivity index (χ3v) is 4.96. The molecule has 6 heteroatoms. The lowest BCUT2D eigenvalue weighted by Gasteiger charge is -2.46. The van der Waals surface area contributed by atoms with Crippen LogP contribution in [0.3, 0.4) is 0 Å². The molecule has 2 fully saturated rings. The van der Waals surface area contributed by atoms with E-state index in [1.165, 1.54) is 7.11 Å². The van der Waals surface area contributed by atoms with Crippen molar-refractivity contribution in [2.45, 2.75) is 12.0 Å². The lowest BCUT2D eigenvalue weighted by Crippen LogP contribution is -2.64. The second-order valence-electron chi connectivity index (χ2n) is 6.39. The highest BCUT2D eigenvalue weighted by Gasteiger charge is 2.48. The molecule has 0 N–H and O–H groups in total. The Morgan fingerprint density at radius 3 is 2.70 bits per heavy atom. The largest absolute Gasteiger partial charge is 0.375 e. The Bertz CT molecular complexity index is 592. The molecule has 0 aromatic heterocycles. The van der Waals surface area contributed by atoms with Gasteiger partial charge < -0.3 is 14.5 Å². The summed E-state index contributed by atoms with van der Waals surface area (Å²) in [6.07, 6.45) is 0.871. The first-order chi connectivity index (χ1) is 11.1. The Morgan fingerprint density at radius 1 is 1.26 bits per heavy atom. The lowest BCUT2D eigenvalue weighted by molar-refractivity contribution is -0.134. The summed E-state index contributed by atoms with van der Waals surface area (Å²) in [6, 6.07) is 9.74. The fourth-order valence-electron chi connectivity index (χ4n) is 3.53. The fraction of sp³-hybridized carbons (Fsp3) is 0.529. The van der Waals surface area contributed by atoms with Crippen molar-refractivity contribution in [3.05, 3.63) is 30.3 Å². The number of rotatable bonds is 3. The van der Waals surface area contributed by atoms with Crippen LogP contribution < -0.4 is 4.90 Å². The van der Waals surface area contributed by atoms with Crippen LogP contribution in [0.15, 0.2) is 30.3 Å². The molecule has 3 rings (SSSR count). The molecule has 6 nitrogen and oxygen atoms in total. The van der Waals surface area contributed by atoms with Crippen LogP contribution in [0.5, 0.6) is 0 Å². The number of hydrogen-bond donors (Lipinski definition) is 0. The van der Waals surface area contributed by atoms with Gasteiger partial charge in [0.05, 0.1) is 12.1 Å². The zero-order chi connectivity index (χ0) is 16.4. The first-order valence-corrected chi connectivity index (χ1v) is 7.89. The van der Waals surface area contributed by atoms with Crippen molar-refractivity contribution in [2.24, 2.45) is 0 Å². The van der Waals surface area contributed by atoms with Crippen LogP contribution in [0.1, 0.15) is 6.42 Å². The van der Waals surface area contributed by atoms with Crippen molar-refractivity contribution in [2.75, 3.05) is 51.8 Å². The number of hydrogen-bond acceptors (Lipinski definition) is 4. The number of para-hydroxylation sites is 1. The number of carbonyl (C=O) groups excluding carboxylic acids is 2. The van der Waals surface area contributed by atoms with Crippen LogP contribution in [-0.2, 0) is 14.3 Å². The average Bonchev–Trinajstić information content (AvgIpc) is 2.98. The molecule has 1 aromatic carbocycles. The summed E-state index contributed by atoms with van der Waals surface area (Å²) in [4.78, 5) is 30.3. The summed E-state index contributed by atoms with van der Waals surface area (Å²) in [5, 5.41) is 0. The summed E-state index contributed by atoms with van der Waals surface area (Å²) in [5.74, 6) is 0.118. The first kappa shape index (κ1) is 16.0. The first-order valence-electron chi connectivity index (χ1n) is 7.89. The van der Waals surface area contributed by atoms with Crippen LogP contribution in [0.25, 0.3) is 0 Å². The van der Waals surface area contributed by atoms with Crippen molar-refractivity contribution in [1.82, 2.24) is 9.80 Å². The van der Waals surface area contributed by atoms with Gasteiger partial charge in [0.15, 0.2) is 0 Å². The van der Waals surface area contributed by atoms with E-state index in [4.69, 9.17) is 4.74 Å².